The third-order valence-electron chi connectivity index (χ3n) is 4.07. The van der Waals surface area contributed by atoms with E-state index in [-0.39, 0.29) is 18.6 Å². The van der Waals surface area contributed by atoms with Gasteiger partial charge in [0.2, 0.25) is 15.9 Å². The Balaban J connectivity index is 1.84. The smallest absolute Gasteiger partial charge is 0.240 e. The zero-order valence-electron chi connectivity index (χ0n) is 16.9. The van der Waals surface area contributed by atoms with Crippen LogP contribution >= 0.6 is 15.9 Å². The number of sulfonamides is 1. The molecule has 29 heavy (non-hydrogen) atoms. The molecule has 8 heteroatoms. The number of anilines is 1. The minimum Gasteiger partial charge on any atom is -0.491 e. The fraction of sp³-hybridized carbons (Fsp3) is 0.381. The SMILES string of the molecule is CC(C)Oc1ccc(CCCNC(=O)CN(c2ccccc2Br)S(C)(=O)=O)cc1. The largest absolute Gasteiger partial charge is 0.491 e. The van der Waals surface area contributed by atoms with Crippen molar-refractivity contribution in [2.75, 3.05) is 23.7 Å². The van der Waals surface area contributed by atoms with Crippen molar-refractivity contribution < 1.29 is 17.9 Å². The van der Waals surface area contributed by atoms with Crippen LogP contribution in [0, 0.1) is 0 Å². The average Bonchev–Trinajstić information content (AvgIpc) is 2.64. The lowest BCUT2D eigenvalue weighted by molar-refractivity contribution is -0.119. The van der Waals surface area contributed by atoms with Crippen LogP contribution in [0.15, 0.2) is 53.0 Å². The third kappa shape index (κ3) is 7.70. The highest BCUT2D eigenvalue weighted by Crippen LogP contribution is 2.27. The van der Waals surface area contributed by atoms with Gasteiger partial charge in [-0.05, 0) is 72.4 Å². The number of hydrogen-bond acceptors (Lipinski definition) is 4. The number of carbonyl (C=O) groups is 1. The number of ether oxygens (including phenoxy) is 1. The van der Waals surface area contributed by atoms with E-state index < -0.39 is 10.0 Å². The highest BCUT2D eigenvalue weighted by Gasteiger charge is 2.22. The van der Waals surface area contributed by atoms with E-state index in [0.717, 1.165) is 34.7 Å². The molecule has 0 fully saturated rings. The van der Waals surface area contributed by atoms with Crippen LogP contribution in [0.2, 0.25) is 0 Å². The first-order chi connectivity index (χ1) is 13.7. The van der Waals surface area contributed by atoms with Gasteiger partial charge in [0.25, 0.3) is 0 Å². The van der Waals surface area contributed by atoms with Crippen LogP contribution in [0.4, 0.5) is 5.69 Å². The number of amides is 1. The summed E-state index contributed by atoms with van der Waals surface area (Å²) in [5.41, 5.74) is 1.59. The summed E-state index contributed by atoms with van der Waals surface area (Å²) < 4.78 is 31.6. The fourth-order valence-corrected chi connectivity index (χ4v) is 4.23. The first-order valence-electron chi connectivity index (χ1n) is 9.41. The maximum Gasteiger partial charge on any atom is 0.240 e. The van der Waals surface area contributed by atoms with Gasteiger partial charge in [-0.2, -0.15) is 0 Å². The summed E-state index contributed by atoms with van der Waals surface area (Å²) in [5.74, 6) is 0.497. The monoisotopic (exact) mass is 482 g/mol. The Kier molecular flexibility index (Phi) is 8.52. The standard InChI is InChI=1S/C21H27BrN2O4S/c1-16(2)28-18-12-10-17(11-13-18)7-6-14-23-21(25)15-24(29(3,26)27)20-9-5-4-8-19(20)22/h4-5,8-13,16H,6-7,14-15H2,1-3H3,(H,23,25). The fourth-order valence-electron chi connectivity index (χ4n) is 2.75. The van der Waals surface area contributed by atoms with Crippen molar-refractivity contribution in [3.8, 4) is 5.75 Å². The topological polar surface area (TPSA) is 75.7 Å². The number of benzene rings is 2. The molecule has 1 amide bonds. The molecule has 0 bridgehead atoms. The Labute approximate surface area is 181 Å². The number of carbonyl (C=O) groups excluding carboxylic acids is 1. The predicted octanol–water partition coefficient (Wildman–Crippen LogP) is 3.75. The molecule has 0 atom stereocenters. The van der Waals surface area contributed by atoms with E-state index in [4.69, 9.17) is 4.74 Å². The molecule has 2 aromatic carbocycles. The van der Waals surface area contributed by atoms with E-state index in [1.807, 2.05) is 38.1 Å². The summed E-state index contributed by atoms with van der Waals surface area (Å²) in [6, 6.07) is 14.8. The molecule has 0 aromatic heterocycles. The Hall–Kier alpha value is -2.06. The van der Waals surface area contributed by atoms with Crippen LogP contribution in [0.25, 0.3) is 0 Å². The van der Waals surface area contributed by atoms with Gasteiger partial charge in [0.15, 0.2) is 0 Å². The number of nitrogens with zero attached hydrogens (tertiary/aromatic N) is 1. The molecule has 0 radical (unpaired) electrons. The van der Waals surface area contributed by atoms with Gasteiger partial charge in [0.05, 0.1) is 18.0 Å². The Morgan fingerprint density at radius 3 is 2.38 bits per heavy atom. The Bertz CT molecular complexity index is 915. The Morgan fingerprint density at radius 2 is 1.79 bits per heavy atom. The molecule has 158 valence electrons. The third-order valence-corrected chi connectivity index (χ3v) is 5.87. The molecule has 2 aromatic rings. The number of para-hydroxylation sites is 1. The molecule has 0 heterocycles. The molecular formula is C21H27BrN2O4S. The van der Waals surface area contributed by atoms with Crippen LogP contribution in [0.3, 0.4) is 0 Å². The van der Waals surface area contributed by atoms with Gasteiger partial charge in [-0.1, -0.05) is 24.3 Å². The summed E-state index contributed by atoms with van der Waals surface area (Å²) in [7, 11) is -3.59. The molecule has 1 N–H and O–H groups in total. The van der Waals surface area contributed by atoms with E-state index in [0.29, 0.717) is 16.7 Å². The van der Waals surface area contributed by atoms with Crippen molar-refractivity contribution in [2.24, 2.45) is 0 Å². The van der Waals surface area contributed by atoms with Crippen LogP contribution in [0.1, 0.15) is 25.8 Å². The van der Waals surface area contributed by atoms with Crippen LogP contribution < -0.4 is 14.4 Å². The molecule has 0 aliphatic carbocycles. The normalized spacial score (nSPS) is 11.3. The van der Waals surface area contributed by atoms with Crippen LogP contribution in [-0.4, -0.2) is 39.8 Å². The zero-order valence-corrected chi connectivity index (χ0v) is 19.3. The number of aryl methyl sites for hydroxylation is 1. The molecule has 2 rings (SSSR count). The number of halogens is 1. The lowest BCUT2D eigenvalue weighted by atomic mass is 10.1. The number of nitrogens with one attached hydrogen (secondary N) is 1. The molecule has 0 aliphatic rings. The summed E-state index contributed by atoms with van der Waals surface area (Å²) in [6.07, 6.45) is 2.79. The first kappa shape index (κ1) is 23.2. The molecule has 6 nitrogen and oxygen atoms in total. The van der Waals surface area contributed by atoms with Crippen molar-refractivity contribution in [1.29, 1.82) is 0 Å². The molecule has 0 spiro atoms. The van der Waals surface area contributed by atoms with E-state index in [9.17, 15) is 13.2 Å². The summed E-state index contributed by atoms with van der Waals surface area (Å²) >= 11 is 3.34. The summed E-state index contributed by atoms with van der Waals surface area (Å²) in [6.45, 7) is 4.18. The van der Waals surface area contributed by atoms with Gasteiger partial charge in [0, 0.05) is 11.0 Å². The van der Waals surface area contributed by atoms with Crippen molar-refractivity contribution in [2.45, 2.75) is 32.8 Å². The van der Waals surface area contributed by atoms with Gasteiger partial charge >= 0.3 is 0 Å². The minimum atomic E-state index is -3.59. The van der Waals surface area contributed by atoms with E-state index in [2.05, 4.69) is 21.2 Å². The lowest BCUT2D eigenvalue weighted by Crippen LogP contribution is -2.40. The van der Waals surface area contributed by atoms with Crippen LogP contribution in [0.5, 0.6) is 5.75 Å². The lowest BCUT2D eigenvalue weighted by Gasteiger charge is -2.23. The van der Waals surface area contributed by atoms with Gasteiger partial charge in [-0.15, -0.1) is 0 Å². The second kappa shape index (κ2) is 10.6. The summed E-state index contributed by atoms with van der Waals surface area (Å²) in [5, 5.41) is 2.80. The van der Waals surface area contributed by atoms with Crippen molar-refractivity contribution >= 4 is 37.5 Å². The molecule has 0 unspecified atom stereocenters. The van der Waals surface area contributed by atoms with Gasteiger partial charge < -0.3 is 10.1 Å². The highest BCUT2D eigenvalue weighted by molar-refractivity contribution is 9.10. The van der Waals surface area contributed by atoms with Gasteiger partial charge in [-0.25, -0.2) is 8.42 Å². The van der Waals surface area contributed by atoms with Gasteiger partial charge in [-0.3, -0.25) is 9.10 Å². The Morgan fingerprint density at radius 1 is 1.14 bits per heavy atom. The second-order valence-corrected chi connectivity index (χ2v) is 9.75. The number of hydrogen-bond donors (Lipinski definition) is 1. The van der Waals surface area contributed by atoms with Crippen molar-refractivity contribution in [3.05, 3.63) is 58.6 Å². The van der Waals surface area contributed by atoms with E-state index >= 15 is 0 Å². The van der Waals surface area contributed by atoms with Gasteiger partial charge in [0.1, 0.15) is 12.3 Å². The molecule has 0 aliphatic heterocycles. The number of rotatable bonds is 10. The first-order valence-corrected chi connectivity index (χ1v) is 12.1. The maximum absolute atomic E-state index is 12.3. The van der Waals surface area contributed by atoms with Crippen molar-refractivity contribution in [1.82, 2.24) is 5.32 Å². The molecular weight excluding hydrogens is 456 g/mol. The predicted molar refractivity (Wildman–Crippen MR) is 120 cm³/mol. The molecule has 0 saturated heterocycles. The summed E-state index contributed by atoms with van der Waals surface area (Å²) in [4.78, 5) is 12.3. The zero-order chi connectivity index (χ0) is 21.4. The second-order valence-electron chi connectivity index (χ2n) is 6.99. The highest BCUT2D eigenvalue weighted by atomic mass is 79.9. The van der Waals surface area contributed by atoms with E-state index in [1.54, 1.807) is 24.3 Å². The molecule has 0 saturated carbocycles. The van der Waals surface area contributed by atoms with E-state index in [1.165, 1.54) is 0 Å². The maximum atomic E-state index is 12.3. The average molecular weight is 483 g/mol. The van der Waals surface area contributed by atoms with Crippen molar-refractivity contribution in [3.63, 3.8) is 0 Å². The van der Waals surface area contributed by atoms with Crippen LogP contribution in [-0.2, 0) is 21.2 Å². The quantitative estimate of drug-likeness (QED) is 0.523. The minimum absolute atomic E-state index is 0.138.